The minimum atomic E-state index is -0.315. The molecule has 0 aliphatic carbocycles. The van der Waals surface area contributed by atoms with E-state index in [-0.39, 0.29) is 12.1 Å². The first kappa shape index (κ1) is 6.91. The zero-order chi connectivity index (χ0) is 7.84. The first-order valence-electron chi connectivity index (χ1n) is 3.91. The van der Waals surface area contributed by atoms with E-state index in [0.29, 0.717) is 12.5 Å². The van der Waals surface area contributed by atoms with Crippen LogP contribution in [0.4, 0.5) is 4.79 Å². The Hall–Kier alpha value is -0.770. The molecule has 0 saturated carbocycles. The van der Waals surface area contributed by atoms with Crippen LogP contribution >= 0.6 is 0 Å². The first-order valence-corrected chi connectivity index (χ1v) is 3.91. The number of likely N-dealkylation sites (tertiary alicyclic amines) is 1. The quantitative estimate of drug-likeness (QED) is 0.527. The number of piperidine rings is 1. The number of nitrogens with zero attached hydrogens (tertiary/aromatic N) is 1. The molecule has 2 aliphatic heterocycles. The highest BCUT2D eigenvalue weighted by molar-refractivity contribution is 5.72. The van der Waals surface area contributed by atoms with Crippen LogP contribution in [0.25, 0.3) is 0 Å². The molecule has 2 bridgehead atoms. The highest BCUT2D eigenvalue weighted by Crippen LogP contribution is 2.26. The molecule has 2 N–H and O–H groups in total. The number of hydrogen-bond acceptors (Lipinski definition) is 2. The fourth-order valence-corrected chi connectivity index (χ4v) is 1.85. The van der Waals surface area contributed by atoms with Gasteiger partial charge in [0.1, 0.15) is 0 Å². The summed E-state index contributed by atoms with van der Waals surface area (Å²) < 4.78 is 5.41. The van der Waals surface area contributed by atoms with Crippen LogP contribution in [-0.4, -0.2) is 36.7 Å². The number of primary amides is 1. The number of nitrogens with two attached hydrogens (primary N) is 1. The Morgan fingerprint density at radius 2 is 2.36 bits per heavy atom. The van der Waals surface area contributed by atoms with Gasteiger partial charge in [-0.3, -0.25) is 0 Å². The molecule has 2 rings (SSSR count). The molecule has 0 radical (unpaired) electrons. The molecule has 2 aliphatic rings. The lowest BCUT2D eigenvalue weighted by Gasteiger charge is -2.28. The standard InChI is InChI=1S/C7H12N2O2/c8-7(10)9-2-5-1-6(3-9)11-4-5/h5-6H,1-4H2,(H2,8,10). The van der Waals surface area contributed by atoms with Crippen molar-refractivity contribution in [3.63, 3.8) is 0 Å². The van der Waals surface area contributed by atoms with Gasteiger partial charge in [0, 0.05) is 19.0 Å². The lowest BCUT2D eigenvalue weighted by molar-refractivity contribution is 0.0935. The number of ether oxygens (including phenoxy) is 1. The third-order valence-corrected chi connectivity index (χ3v) is 2.38. The summed E-state index contributed by atoms with van der Waals surface area (Å²) in [6.45, 7) is 2.27. The molecule has 2 atom stereocenters. The fourth-order valence-electron chi connectivity index (χ4n) is 1.85. The molecule has 0 spiro atoms. The maximum Gasteiger partial charge on any atom is 0.314 e. The van der Waals surface area contributed by atoms with Crippen LogP contribution < -0.4 is 5.73 Å². The molecule has 2 fully saturated rings. The number of urea groups is 1. The summed E-state index contributed by atoms with van der Waals surface area (Å²) in [5, 5.41) is 0. The van der Waals surface area contributed by atoms with Crippen molar-refractivity contribution in [1.82, 2.24) is 4.90 Å². The Morgan fingerprint density at radius 3 is 3.00 bits per heavy atom. The van der Waals surface area contributed by atoms with Crippen LogP contribution in [0.3, 0.4) is 0 Å². The molecule has 11 heavy (non-hydrogen) atoms. The molecule has 62 valence electrons. The lowest BCUT2D eigenvalue weighted by atomic mass is 10.0. The van der Waals surface area contributed by atoms with Crippen LogP contribution in [0.2, 0.25) is 0 Å². The highest BCUT2D eigenvalue weighted by Gasteiger charge is 2.34. The van der Waals surface area contributed by atoms with E-state index < -0.39 is 0 Å². The van der Waals surface area contributed by atoms with Gasteiger partial charge < -0.3 is 15.4 Å². The number of hydrogen-bond donors (Lipinski definition) is 1. The molecule has 2 heterocycles. The third-order valence-electron chi connectivity index (χ3n) is 2.38. The zero-order valence-electron chi connectivity index (χ0n) is 6.32. The van der Waals surface area contributed by atoms with Gasteiger partial charge in [0.05, 0.1) is 12.7 Å². The van der Waals surface area contributed by atoms with Crippen LogP contribution in [-0.2, 0) is 4.74 Å². The van der Waals surface area contributed by atoms with Gasteiger partial charge in [0.2, 0.25) is 0 Å². The second kappa shape index (κ2) is 2.37. The van der Waals surface area contributed by atoms with Crippen molar-refractivity contribution in [3.05, 3.63) is 0 Å². The number of carbonyl (C=O) groups is 1. The Labute approximate surface area is 65.3 Å². The summed E-state index contributed by atoms with van der Waals surface area (Å²) in [4.78, 5) is 12.4. The Bertz CT molecular complexity index is 171. The number of carbonyl (C=O) groups excluding carboxylic acids is 1. The SMILES string of the molecule is NC(=O)N1CC2COC(C2)C1. The fraction of sp³-hybridized carbons (Fsp3) is 0.857. The number of fused-ring (bicyclic) bond motifs is 2. The van der Waals surface area contributed by atoms with Crippen molar-refractivity contribution in [2.45, 2.75) is 12.5 Å². The molecule has 2 amide bonds. The number of rotatable bonds is 0. The minimum absolute atomic E-state index is 0.251. The predicted molar refractivity (Wildman–Crippen MR) is 39.0 cm³/mol. The van der Waals surface area contributed by atoms with Crippen molar-refractivity contribution in [2.75, 3.05) is 19.7 Å². The smallest absolute Gasteiger partial charge is 0.314 e. The Morgan fingerprint density at radius 1 is 1.55 bits per heavy atom. The Kier molecular flexibility index (Phi) is 1.49. The van der Waals surface area contributed by atoms with Crippen molar-refractivity contribution in [3.8, 4) is 0 Å². The van der Waals surface area contributed by atoms with E-state index in [0.717, 1.165) is 19.6 Å². The summed E-state index contributed by atoms with van der Waals surface area (Å²) in [5.41, 5.74) is 5.15. The van der Waals surface area contributed by atoms with Crippen molar-refractivity contribution in [1.29, 1.82) is 0 Å². The molecular formula is C7H12N2O2. The van der Waals surface area contributed by atoms with E-state index in [1.54, 1.807) is 4.90 Å². The zero-order valence-corrected chi connectivity index (χ0v) is 6.32. The van der Waals surface area contributed by atoms with E-state index in [9.17, 15) is 4.79 Å². The van der Waals surface area contributed by atoms with E-state index in [4.69, 9.17) is 10.5 Å². The van der Waals surface area contributed by atoms with E-state index in [1.807, 2.05) is 0 Å². The largest absolute Gasteiger partial charge is 0.376 e. The molecule has 2 saturated heterocycles. The van der Waals surface area contributed by atoms with E-state index in [1.165, 1.54) is 0 Å². The molecule has 0 aromatic heterocycles. The summed E-state index contributed by atoms with van der Waals surface area (Å²) in [6.07, 6.45) is 1.35. The average Bonchev–Trinajstić information content (AvgIpc) is 2.30. The maximum absolute atomic E-state index is 10.8. The van der Waals surface area contributed by atoms with Gasteiger partial charge in [-0.15, -0.1) is 0 Å². The van der Waals surface area contributed by atoms with Crippen LogP contribution in [0.1, 0.15) is 6.42 Å². The minimum Gasteiger partial charge on any atom is -0.376 e. The molecule has 0 aromatic carbocycles. The molecule has 4 nitrogen and oxygen atoms in total. The van der Waals surface area contributed by atoms with Gasteiger partial charge in [0.25, 0.3) is 0 Å². The third kappa shape index (κ3) is 1.18. The van der Waals surface area contributed by atoms with Crippen LogP contribution in [0.15, 0.2) is 0 Å². The summed E-state index contributed by atoms with van der Waals surface area (Å²) in [7, 11) is 0. The first-order chi connectivity index (χ1) is 5.25. The van der Waals surface area contributed by atoms with Crippen molar-refractivity contribution >= 4 is 6.03 Å². The molecule has 0 aromatic rings. The van der Waals surface area contributed by atoms with Gasteiger partial charge in [0.15, 0.2) is 0 Å². The molecule has 4 heteroatoms. The van der Waals surface area contributed by atoms with Gasteiger partial charge in [-0.2, -0.15) is 0 Å². The second-order valence-electron chi connectivity index (χ2n) is 3.30. The molecular weight excluding hydrogens is 144 g/mol. The van der Waals surface area contributed by atoms with Gasteiger partial charge in [-0.05, 0) is 6.42 Å². The van der Waals surface area contributed by atoms with E-state index >= 15 is 0 Å². The normalized spacial score (nSPS) is 35.8. The van der Waals surface area contributed by atoms with Gasteiger partial charge in [-0.25, -0.2) is 4.79 Å². The molecule has 2 unspecified atom stereocenters. The average molecular weight is 156 g/mol. The van der Waals surface area contributed by atoms with Crippen LogP contribution in [0, 0.1) is 5.92 Å². The van der Waals surface area contributed by atoms with Gasteiger partial charge in [-0.1, -0.05) is 0 Å². The van der Waals surface area contributed by atoms with Crippen LogP contribution in [0.5, 0.6) is 0 Å². The van der Waals surface area contributed by atoms with Gasteiger partial charge >= 0.3 is 6.03 Å². The lowest BCUT2D eigenvalue weighted by Crippen LogP contribution is -2.45. The summed E-state index contributed by atoms with van der Waals surface area (Å²) >= 11 is 0. The second-order valence-corrected chi connectivity index (χ2v) is 3.30. The monoisotopic (exact) mass is 156 g/mol. The summed E-state index contributed by atoms with van der Waals surface area (Å²) in [5.74, 6) is 0.529. The van der Waals surface area contributed by atoms with Crippen molar-refractivity contribution < 1.29 is 9.53 Å². The topological polar surface area (TPSA) is 55.6 Å². The predicted octanol–water partition coefficient (Wildman–Crippen LogP) is -0.214. The van der Waals surface area contributed by atoms with Crippen molar-refractivity contribution in [2.24, 2.45) is 11.7 Å². The highest BCUT2D eigenvalue weighted by atomic mass is 16.5. The summed E-state index contributed by atoms with van der Waals surface area (Å²) in [6, 6.07) is -0.315. The Balaban J connectivity index is 2.02. The van der Waals surface area contributed by atoms with E-state index in [2.05, 4.69) is 0 Å². The number of amides is 2. The maximum atomic E-state index is 10.8.